The van der Waals surface area contributed by atoms with Gasteiger partial charge in [-0.15, -0.1) is 11.3 Å². The van der Waals surface area contributed by atoms with E-state index in [1.54, 1.807) is 51.8 Å². The number of nitrogens with zero attached hydrogens (tertiary/aromatic N) is 3. The van der Waals surface area contributed by atoms with Gasteiger partial charge in [0.2, 0.25) is 0 Å². The third kappa shape index (κ3) is 3.74. The summed E-state index contributed by atoms with van der Waals surface area (Å²) in [6, 6.07) is 10.5. The average Bonchev–Trinajstić information content (AvgIpc) is 3.38. The van der Waals surface area contributed by atoms with Crippen molar-refractivity contribution in [2.45, 2.75) is 0 Å². The highest BCUT2D eigenvalue weighted by atomic mass is 35.5. The lowest BCUT2D eigenvalue weighted by atomic mass is 10.2. The molecule has 1 aromatic carbocycles. The van der Waals surface area contributed by atoms with Crippen molar-refractivity contribution < 1.29 is 14.0 Å². The van der Waals surface area contributed by atoms with Crippen LogP contribution in [0.5, 0.6) is 0 Å². The molecule has 1 fully saturated rings. The molecule has 1 saturated heterocycles. The van der Waals surface area contributed by atoms with Crippen LogP contribution in [0.4, 0.5) is 0 Å². The van der Waals surface area contributed by atoms with Crippen molar-refractivity contribution in [3.8, 4) is 10.8 Å². The number of aromatic nitrogens is 1. The van der Waals surface area contributed by atoms with E-state index in [0.29, 0.717) is 53.2 Å². The van der Waals surface area contributed by atoms with Crippen LogP contribution in [0.25, 0.3) is 10.8 Å². The monoisotopic (exact) mass is 401 g/mol. The molecular weight excluding hydrogens is 386 g/mol. The van der Waals surface area contributed by atoms with Crippen LogP contribution in [-0.2, 0) is 0 Å². The summed E-state index contributed by atoms with van der Waals surface area (Å²) in [6.45, 7) is 1.90. The first-order valence-corrected chi connectivity index (χ1v) is 9.71. The second-order valence-corrected chi connectivity index (χ2v) is 7.40. The van der Waals surface area contributed by atoms with Crippen molar-refractivity contribution in [1.29, 1.82) is 0 Å². The highest BCUT2D eigenvalue weighted by molar-refractivity contribution is 7.13. The highest BCUT2D eigenvalue weighted by Gasteiger charge is 2.27. The third-order valence-electron chi connectivity index (χ3n) is 4.38. The van der Waals surface area contributed by atoms with Crippen LogP contribution in [0.15, 0.2) is 52.5 Å². The number of piperazine rings is 1. The molecule has 3 aromatic rings. The molecule has 0 spiro atoms. The summed E-state index contributed by atoms with van der Waals surface area (Å²) in [5.41, 5.74) is 0.964. The summed E-state index contributed by atoms with van der Waals surface area (Å²) in [5.74, 6) is 0.452. The van der Waals surface area contributed by atoms with Crippen molar-refractivity contribution in [2.75, 3.05) is 26.2 Å². The van der Waals surface area contributed by atoms with E-state index in [0.717, 1.165) is 0 Å². The molecule has 1 aliphatic heterocycles. The van der Waals surface area contributed by atoms with Crippen molar-refractivity contribution in [3.05, 3.63) is 64.3 Å². The van der Waals surface area contributed by atoms with Gasteiger partial charge in [0.1, 0.15) is 5.69 Å². The summed E-state index contributed by atoms with van der Waals surface area (Å²) in [5, 5.41) is 2.95. The molecule has 0 radical (unpaired) electrons. The molecule has 0 N–H and O–H groups in total. The highest BCUT2D eigenvalue weighted by Crippen LogP contribution is 2.25. The molecule has 3 heterocycles. The number of furan rings is 1. The van der Waals surface area contributed by atoms with Crippen molar-refractivity contribution in [2.24, 2.45) is 0 Å². The van der Waals surface area contributed by atoms with Gasteiger partial charge >= 0.3 is 0 Å². The SMILES string of the molecule is O=C(c1cccc(Cl)c1)N1CCN(C(=O)c2csc(-c3ccco3)n2)CC1. The first-order chi connectivity index (χ1) is 13.1. The first-order valence-electron chi connectivity index (χ1n) is 8.45. The number of hydrogen-bond acceptors (Lipinski definition) is 5. The topological polar surface area (TPSA) is 66.7 Å². The molecule has 138 valence electrons. The van der Waals surface area contributed by atoms with Crippen LogP contribution >= 0.6 is 22.9 Å². The number of hydrogen-bond donors (Lipinski definition) is 0. The average molecular weight is 402 g/mol. The number of halogens is 1. The zero-order valence-electron chi connectivity index (χ0n) is 14.3. The molecule has 6 nitrogen and oxygen atoms in total. The van der Waals surface area contributed by atoms with Gasteiger partial charge in [-0.2, -0.15) is 0 Å². The number of thiazole rings is 1. The molecule has 1 aliphatic rings. The maximum Gasteiger partial charge on any atom is 0.273 e. The van der Waals surface area contributed by atoms with Crippen LogP contribution < -0.4 is 0 Å². The molecule has 0 unspecified atom stereocenters. The van der Waals surface area contributed by atoms with Crippen molar-refractivity contribution in [1.82, 2.24) is 14.8 Å². The molecular formula is C19H16ClN3O3S. The van der Waals surface area contributed by atoms with E-state index < -0.39 is 0 Å². The maximum atomic E-state index is 12.7. The zero-order chi connectivity index (χ0) is 18.8. The second-order valence-electron chi connectivity index (χ2n) is 6.11. The summed E-state index contributed by atoms with van der Waals surface area (Å²) in [7, 11) is 0. The number of amides is 2. The van der Waals surface area contributed by atoms with E-state index in [9.17, 15) is 9.59 Å². The molecule has 27 heavy (non-hydrogen) atoms. The number of rotatable bonds is 3. The Bertz CT molecular complexity index is 962. The Kier molecular flexibility index (Phi) is 4.96. The van der Waals surface area contributed by atoms with E-state index in [-0.39, 0.29) is 11.8 Å². The summed E-state index contributed by atoms with van der Waals surface area (Å²) >= 11 is 7.34. The minimum absolute atomic E-state index is 0.0710. The van der Waals surface area contributed by atoms with Crippen LogP contribution in [-0.4, -0.2) is 52.8 Å². The third-order valence-corrected chi connectivity index (χ3v) is 5.47. The summed E-state index contributed by atoms with van der Waals surface area (Å²) in [6.07, 6.45) is 1.58. The molecule has 8 heteroatoms. The quantitative estimate of drug-likeness (QED) is 0.671. The van der Waals surface area contributed by atoms with Crippen LogP contribution in [0.3, 0.4) is 0 Å². The maximum absolute atomic E-state index is 12.7. The van der Waals surface area contributed by atoms with Crippen LogP contribution in [0.1, 0.15) is 20.8 Å². The smallest absolute Gasteiger partial charge is 0.273 e. The summed E-state index contributed by atoms with van der Waals surface area (Å²) in [4.78, 5) is 33.1. The van der Waals surface area contributed by atoms with E-state index >= 15 is 0 Å². The lowest BCUT2D eigenvalue weighted by molar-refractivity contribution is 0.0533. The molecule has 0 aliphatic carbocycles. The van der Waals surface area contributed by atoms with Gasteiger partial charge in [0.05, 0.1) is 6.26 Å². The van der Waals surface area contributed by atoms with Gasteiger partial charge in [0, 0.05) is 42.1 Å². The van der Waals surface area contributed by atoms with Gasteiger partial charge < -0.3 is 14.2 Å². The van der Waals surface area contributed by atoms with Crippen LogP contribution in [0.2, 0.25) is 5.02 Å². The Hall–Kier alpha value is -2.64. The van der Waals surface area contributed by atoms with E-state index in [1.807, 2.05) is 6.07 Å². The first kappa shape index (κ1) is 17.8. The molecule has 2 aromatic heterocycles. The fraction of sp³-hybridized carbons (Fsp3) is 0.211. The Balaban J connectivity index is 1.39. The molecule has 2 amide bonds. The standard InChI is InChI=1S/C19H16ClN3O3S/c20-14-4-1-3-13(11-14)18(24)22-6-8-23(9-7-22)19(25)15-12-27-17(21-15)16-5-2-10-26-16/h1-5,10-12H,6-9H2. The number of carbonyl (C=O) groups excluding carboxylic acids is 2. The van der Waals surface area contributed by atoms with E-state index in [4.69, 9.17) is 16.0 Å². The van der Waals surface area contributed by atoms with Gasteiger partial charge in [-0.3, -0.25) is 9.59 Å². The second kappa shape index (κ2) is 7.54. The van der Waals surface area contributed by atoms with Crippen molar-refractivity contribution >= 4 is 34.8 Å². The zero-order valence-corrected chi connectivity index (χ0v) is 15.9. The van der Waals surface area contributed by atoms with E-state index in [2.05, 4.69) is 4.98 Å². The fourth-order valence-corrected chi connectivity index (χ4v) is 3.91. The lowest BCUT2D eigenvalue weighted by Gasteiger charge is -2.34. The lowest BCUT2D eigenvalue weighted by Crippen LogP contribution is -2.50. The van der Waals surface area contributed by atoms with E-state index in [1.165, 1.54) is 11.3 Å². The van der Waals surface area contributed by atoms with Gasteiger partial charge in [0.25, 0.3) is 11.8 Å². The van der Waals surface area contributed by atoms with Gasteiger partial charge in [-0.1, -0.05) is 17.7 Å². The number of benzene rings is 1. The molecule has 0 atom stereocenters. The Morgan fingerprint density at radius 1 is 1.04 bits per heavy atom. The van der Waals surface area contributed by atoms with Crippen molar-refractivity contribution in [3.63, 3.8) is 0 Å². The van der Waals surface area contributed by atoms with Gasteiger partial charge in [-0.25, -0.2) is 4.98 Å². The normalized spacial score (nSPS) is 14.4. The predicted molar refractivity (Wildman–Crippen MR) is 103 cm³/mol. The fourth-order valence-electron chi connectivity index (χ4n) is 2.96. The minimum atomic E-state index is -0.126. The Labute approximate surface area is 165 Å². The molecule has 0 bridgehead atoms. The Morgan fingerprint density at radius 2 is 1.78 bits per heavy atom. The largest absolute Gasteiger partial charge is 0.462 e. The predicted octanol–water partition coefficient (Wildman–Crippen LogP) is 3.65. The minimum Gasteiger partial charge on any atom is -0.462 e. The number of carbonyl (C=O) groups is 2. The van der Waals surface area contributed by atoms with Crippen LogP contribution in [0, 0.1) is 0 Å². The molecule has 0 saturated carbocycles. The van der Waals surface area contributed by atoms with Gasteiger partial charge in [-0.05, 0) is 30.3 Å². The molecule has 4 rings (SSSR count). The summed E-state index contributed by atoms with van der Waals surface area (Å²) < 4.78 is 5.32. The van der Waals surface area contributed by atoms with Gasteiger partial charge in [0.15, 0.2) is 10.8 Å². The Morgan fingerprint density at radius 3 is 2.44 bits per heavy atom.